The molecule has 0 aromatic heterocycles. The van der Waals surface area contributed by atoms with Crippen LogP contribution in [0.3, 0.4) is 0 Å². The van der Waals surface area contributed by atoms with E-state index in [0.29, 0.717) is 0 Å². The monoisotopic (exact) mass is 280 g/mol. The van der Waals surface area contributed by atoms with Gasteiger partial charge < -0.3 is 8.23 Å². The van der Waals surface area contributed by atoms with Crippen LogP contribution in [-0.2, 0) is 8.23 Å². The van der Waals surface area contributed by atoms with E-state index in [1.807, 2.05) is 0 Å². The summed E-state index contributed by atoms with van der Waals surface area (Å²) >= 11 is 0. The second kappa shape index (κ2) is 7.18. The van der Waals surface area contributed by atoms with Crippen LogP contribution in [0, 0.1) is 0 Å². The second-order valence-electron chi connectivity index (χ2n) is 5.61. The molecule has 0 N–H and O–H groups in total. The van der Waals surface area contributed by atoms with E-state index in [-0.39, 0.29) is 19.5 Å². The Kier molecular flexibility index (Phi) is 7.56. The Labute approximate surface area is 102 Å². The van der Waals surface area contributed by atoms with E-state index in [1.54, 1.807) is 0 Å². The number of hydrogen-bond donors (Lipinski definition) is 0. The summed E-state index contributed by atoms with van der Waals surface area (Å²) in [7, 11) is -2.92. The van der Waals surface area contributed by atoms with Crippen molar-refractivity contribution >= 4 is 36.2 Å². The Bertz CT molecular complexity index is 168. The lowest BCUT2D eigenvalue weighted by atomic mass is 10.6. The maximum atomic E-state index is 5.97. The van der Waals surface area contributed by atoms with Crippen molar-refractivity contribution in [2.75, 3.05) is 0 Å². The van der Waals surface area contributed by atoms with E-state index in [9.17, 15) is 0 Å². The lowest BCUT2D eigenvalue weighted by Gasteiger charge is -2.23. The predicted molar refractivity (Wildman–Crippen MR) is 80.2 cm³/mol. The molecule has 0 saturated heterocycles. The highest BCUT2D eigenvalue weighted by Crippen LogP contribution is 2.15. The van der Waals surface area contributed by atoms with E-state index in [1.165, 1.54) is 18.5 Å². The Balaban J connectivity index is 3.46. The van der Waals surface area contributed by atoms with Gasteiger partial charge in [-0.2, -0.15) is 0 Å². The standard InChI is InChI=1S/C9H28O2Si4/c1-12-10-15(5,6)9-7-8-13-11-14(2,3)4/h7-9,12-13H2,1-6H3. The molecule has 15 heavy (non-hydrogen) atoms. The van der Waals surface area contributed by atoms with Gasteiger partial charge >= 0.3 is 0 Å². The normalized spacial score (nSPS) is 14.8. The molecule has 92 valence electrons. The quantitative estimate of drug-likeness (QED) is 0.501. The van der Waals surface area contributed by atoms with Gasteiger partial charge in [-0.1, -0.05) is 13.0 Å². The predicted octanol–water partition coefficient (Wildman–Crippen LogP) is 2.08. The van der Waals surface area contributed by atoms with Crippen molar-refractivity contribution in [2.45, 2.75) is 57.8 Å². The fourth-order valence-electron chi connectivity index (χ4n) is 1.49. The second-order valence-corrected chi connectivity index (χ2v) is 17.9. The summed E-state index contributed by atoms with van der Waals surface area (Å²) in [6.07, 6.45) is 1.34. The van der Waals surface area contributed by atoms with Gasteiger partial charge in [-0.25, -0.2) is 0 Å². The fourth-order valence-corrected chi connectivity index (χ4v) is 10.3. The molecule has 0 aromatic rings. The summed E-state index contributed by atoms with van der Waals surface area (Å²) in [5, 5.41) is 0. The SMILES string of the molecule is C[SiH2]O[Si](C)(C)CCC[SiH2]O[Si](C)(C)C. The van der Waals surface area contributed by atoms with Gasteiger partial charge in [-0.05, 0) is 44.8 Å². The first kappa shape index (κ1) is 15.8. The number of hydrogen-bond acceptors (Lipinski definition) is 2. The van der Waals surface area contributed by atoms with Gasteiger partial charge in [0.2, 0.25) is 0 Å². The van der Waals surface area contributed by atoms with Crippen LogP contribution in [-0.4, -0.2) is 36.2 Å². The highest BCUT2D eigenvalue weighted by atomic mass is 28.4. The zero-order valence-corrected chi connectivity index (χ0v) is 16.2. The van der Waals surface area contributed by atoms with Crippen molar-refractivity contribution in [3.05, 3.63) is 0 Å². The Morgan fingerprint density at radius 3 is 2.07 bits per heavy atom. The Morgan fingerprint density at radius 2 is 1.60 bits per heavy atom. The average Bonchev–Trinajstić information content (AvgIpc) is 2.00. The van der Waals surface area contributed by atoms with Gasteiger partial charge in [0.25, 0.3) is 0 Å². The molecule has 0 aromatic carbocycles. The molecule has 6 heteroatoms. The summed E-state index contributed by atoms with van der Waals surface area (Å²) in [5.41, 5.74) is 0. The minimum atomic E-state index is -1.26. The van der Waals surface area contributed by atoms with Gasteiger partial charge in [0.15, 0.2) is 16.6 Å². The molecule has 0 saturated carbocycles. The summed E-state index contributed by atoms with van der Waals surface area (Å²) < 4.78 is 11.9. The molecule has 0 atom stereocenters. The zero-order valence-electron chi connectivity index (χ0n) is 11.4. The molecule has 2 nitrogen and oxygen atoms in total. The first-order valence-electron chi connectivity index (χ1n) is 6.05. The third-order valence-corrected chi connectivity index (χ3v) is 13.2. The maximum Gasteiger partial charge on any atom is 0.172 e. The molecule has 0 rings (SSSR count). The molecule has 0 aliphatic carbocycles. The lowest BCUT2D eigenvalue weighted by Crippen LogP contribution is -2.31. The van der Waals surface area contributed by atoms with Crippen molar-refractivity contribution in [3.63, 3.8) is 0 Å². The van der Waals surface area contributed by atoms with Crippen LogP contribution in [0.25, 0.3) is 0 Å². The summed E-state index contributed by atoms with van der Waals surface area (Å²) in [6, 6.07) is 2.67. The van der Waals surface area contributed by atoms with Crippen molar-refractivity contribution in [3.8, 4) is 0 Å². The molecule has 0 heterocycles. The molecule has 0 unspecified atom stereocenters. The lowest BCUT2D eigenvalue weighted by molar-refractivity contribution is 0.579. The average molecular weight is 281 g/mol. The molecule has 0 amide bonds. The maximum absolute atomic E-state index is 5.97. The van der Waals surface area contributed by atoms with Crippen molar-refractivity contribution in [1.82, 2.24) is 0 Å². The Morgan fingerprint density at radius 1 is 1.00 bits per heavy atom. The highest BCUT2D eigenvalue weighted by Gasteiger charge is 2.20. The Hall–Kier alpha value is 0.788. The van der Waals surface area contributed by atoms with E-state index in [2.05, 4.69) is 39.3 Å². The van der Waals surface area contributed by atoms with Crippen LogP contribution in [0.15, 0.2) is 0 Å². The molecule has 0 radical (unpaired) electrons. The van der Waals surface area contributed by atoms with Crippen LogP contribution in [0.1, 0.15) is 6.42 Å². The highest BCUT2D eigenvalue weighted by molar-refractivity contribution is 6.75. The minimum absolute atomic E-state index is 0.203. The van der Waals surface area contributed by atoms with Gasteiger partial charge in [0.1, 0.15) is 19.5 Å². The van der Waals surface area contributed by atoms with E-state index < -0.39 is 16.6 Å². The fraction of sp³-hybridized carbons (Fsp3) is 1.00. The first-order valence-corrected chi connectivity index (χ1v) is 16.1. The van der Waals surface area contributed by atoms with E-state index in [0.717, 1.165) is 0 Å². The molecule has 0 spiro atoms. The van der Waals surface area contributed by atoms with Crippen LogP contribution in [0.4, 0.5) is 0 Å². The van der Waals surface area contributed by atoms with Crippen LogP contribution in [0.2, 0.25) is 51.4 Å². The largest absolute Gasteiger partial charge is 0.461 e. The molecular formula is C9H28O2Si4. The van der Waals surface area contributed by atoms with Crippen molar-refractivity contribution < 1.29 is 8.23 Å². The van der Waals surface area contributed by atoms with Crippen molar-refractivity contribution in [1.29, 1.82) is 0 Å². The van der Waals surface area contributed by atoms with Crippen LogP contribution < -0.4 is 0 Å². The van der Waals surface area contributed by atoms with Gasteiger partial charge in [0.05, 0.1) is 0 Å². The summed E-state index contributed by atoms with van der Waals surface area (Å²) in [4.78, 5) is 0. The van der Waals surface area contributed by atoms with Crippen LogP contribution in [0.5, 0.6) is 0 Å². The molecule has 0 aliphatic rings. The zero-order chi connectivity index (χ0) is 11.9. The van der Waals surface area contributed by atoms with Gasteiger partial charge in [-0.15, -0.1) is 0 Å². The molecular weight excluding hydrogens is 252 g/mol. The van der Waals surface area contributed by atoms with Crippen molar-refractivity contribution in [2.24, 2.45) is 0 Å². The van der Waals surface area contributed by atoms with Gasteiger partial charge in [-0.3, -0.25) is 0 Å². The van der Waals surface area contributed by atoms with Gasteiger partial charge in [0, 0.05) is 0 Å². The molecule has 0 bridgehead atoms. The topological polar surface area (TPSA) is 18.5 Å². The third-order valence-electron chi connectivity index (χ3n) is 2.24. The minimum Gasteiger partial charge on any atom is -0.461 e. The van der Waals surface area contributed by atoms with E-state index in [4.69, 9.17) is 8.23 Å². The molecule has 0 aliphatic heterocycles. The first-order chi connectivity index (χ1) is 6.77. The molecule has 0 fully saturated rings. The van der Waals surface area contributed by atoms with E-state index >= 15 is 0 Å². The summed E-state index contributed by atoms with van der Waals surface area (Å²) in [6.45, 7) is 13.8. The summed E-state index contributed by atoms with van der Waals surface area (Å²) in [5.74, 6) is 0. The third kappa shape index (κ3) is 11.1. The smallest absolute Gasteiger partial charge is 0.172 e. The number of rotatable bonds is 8. The van der Waals surface area contributed by atoms with Crippen LogP contribution >= 0.6 is 0 Å².